The molecule has 1 N–H and O–H groups in total. The lowest BCUT2D eigenvalue weighted by Gasteiger charge is -2.28. The second kappa shape index (κ2) is 5.23. The van der Waals surface area contributed by atoms with Gasteiger partial charge in [-0.3, -0.25) is 4.68 Å². The van der Waals surface area contributed by atoms with E-state index in [4.69, 9.17) is 11.6 Å². The topological polar surface area (TPSA) is 38.1 Å². The minimum absolute atomic E-state index is 0.133. The molecule has 1 unspecified atom stereocenters. The molecule has 0 radical (unpaired) electrons. The molecule has 2 rings (SSSR count). The number of aromatic nitrogens is 2. The van der Waals surface area contributed by atoms with Crippen molar-refractivity contribution in [2.45, 2.75) is 46.3 Å². The lowest BCUT2D eigenvalue weighted by Crippen LogP contribution is -2.29. The summed E-state index contributed by atoms with van der Waals surface area (Å²) in [6.07, 6.45) is 1.59. The predicted octanol–water partition coefficient (Wildman–Crippen LogP) is 3.99. The van der Waals surface area contributed by atoms with Crippen LogP contribution in [0.5, 0.6) is 0 Å². The minimum Gasteiger partial charge on any atom is -0.379 e. The molecule has 2 aromatic rings. The molecule has 0 fully saturated rings. The summed E-state index contributed by atoms with van der Waals surface area (Å²) in [6, 6.07) is 6.19. The molecule has 0 aliphatic carbocycles. The summed E-state index contributed by atoms with van der Waals surface area (Å²) in [5.41, 5.74) is 2.48. The van der Waals surface area contributed by atoms with E-state index in [1.54, 1.807) is 17.8 Å². The van der Waals surface area contributed by atoms with E-state index in [2.05, 4.69) is 5.10 Å². The zero-order valence-corrected chi connectivity index (χ0v) is 13.4. The molecule has 1 aromatic carbocycles. The molecule has 0 saturated heterocycles. The average Bonchev–Trinajstić information content (AvgIpc) is 2.75. The van der Waals surface area contributed by atoms with E-state index in [-0.39, 0.29) is 6.04 Å². The molecular formula is C16H21ClN2O. The summed E-state index contributed by atoms with van der Waals surface area (Å²) in [5.74, 6) is 0. The van der Waals surface area contributed by atoms with Gasteiger partial charge in [-0.15, -0.1) is 0 Å². The lowest BCUT2D eigenvalue weighted by atomic mass is 9.87. The van der Waals surface area contributed by atoms with Gasteiger partial charge in [-0.1, -0.05) is 35.4 Å². The van der Waals surface area contributed by atoms with Gasteiger partial charge in [0.05, 0.1) is 16.9 Å². The molecule has 1 aromatic heterocycles. The van der Waals surface area contributed by atoms with Gasteiger partial charge >= 0.3 is 0 Å². The zero-order chi connectivity index (χ0) is 15.1. The Kier molecular flexibility index (Phi) is 3.94. The van der Waals surface area contributed by atoms with E-state index < -0.39 is 5.60 Å². The zero-order valence-electron chi connectivity index (χ0n) is 12.6. The summed E-state index contributed by atoms with van der Waals surface area (Å²) in [7, 11) is 0. The second-order valence-corrected chi connectivity index (χ2v) is 6.18. The van der Waals surface area contributed by atoms with Gasteiger partial charge in [-0.2, -0.15) is 5.10 Å². The Bertz CT molecular complexity index is 629. The van der Waals surface area contributed by atoms with Crippen molar-refractivity contribution >= 4 is 11.6 Å². The van der Waals surface area contributed by atoms with Crippen LogP contribution < -0.4 is 0 Å². The molecule has 3 nitrogen and oxygen atoms in total. The second-order valence-electron chi connectivity index (χ2n) is 5.77. The van der Waals surface area contributed by atoms with Crippen molar-refractivity contribution < 1.29 is 5.11 Å². The predicted molar refractivity (Wildman–Crippen MR) is 82.2 cm³/mol. The van der Waals surface area contributed by atoms with Gasteiger partial charge in [0.15, 0.2) is 0 Å². The van der Waals surface area contributed by atoms with Gasteiger partial charge in [-0.25, -0.2) is 0 Å². The summed E-state index contributed by atoms with van der Waals surface area (Å²) >= 11 is 6.27. The first kappa shape index (κ1) is 15.1. The highest BCUT2D eigenvalue weighted by Crippen LogP contribution is 2.37. The van der Waals surface area contributed by atoms with E-state index in [1.807, 2.05) is 45.9 Å². The fourth-order valence-corrected chi connectivity index (χ4v) is 2.89. The maximum atomic E-state index is 11.1. The molecule has 0 aliphatic heterocycles. The molecule has 0 saturated carbocycles. The molecular weight excluding hydrogens is 272 g/mol. The number of nitrogens with zero attached hydrogens (tertiary/aromatic N) is 2. The van der Waals surface area contributed by atoms with Gasteiger partial charge in [0, 0.05) is 6.04 Å². The number of hydrogen-bond donors (Lipinski definition) is 1. The van der Waals surface area contributed by atoms with Crippen molar-refractivity contribution in [1.29, 1.82) is 0 Å². The first-order valence-corrected chi connectivity index (χ1v) is 7.16. The first-order valence-electron chi connectivity index (χ1n) is 6.78. The smallest absolute Gasteiger partial charge is 0.130 e. The molecule has 0 amide bonds. The maximum Gasteiger partial charge on any atom is 0.130 e. The van der Waals surface area contributed by atoms with Crippen molar-refractivity contribution in [1.82, 2.24) is 9.78 Å². The molecule has 4 heteroatoms. The number of benzene rings is 1. The van der Waals surface area contributed by atoms with Crippen LogP contribution in [0.1, 0.15) is 49.2 Å². The summed E-state index contributed by atoms with van der Waals surface area (Å²) < 4.78 is 1.78. The Labute approximate surface area is 125 Å². The highest BCUT2D eigenvalue weighted by molar-refractivity contribution is 6.31. The van der Waals surface area contributed by atoms with Gasteiger partial charge < -0.3 is 5.11 Å². The molecule has 0 spiro atoms. The van der Waals surface area contributed by atoms with Crippen LogP contribution in [0.15, 0.2) is 24.4 Å². The standard InChI is InChI=1S/C16H21ClN2O/c1-10(2)19-15(14(17)9-18-19)16(5,20)13-8-11(3)6-7-12(13)4/h6-10,20H,1-5H3. The maximum absolute atomic E-state index is 11.1. The number of hydrogen-bond acceptors (Lipinski definition) is 2. The van der Waals surface area contributed by atoms with Crippen LogP contribution in [0.25, 0.3) is 0 Å². The number of rotatable bonds is 3. The van der Waals surface area contributed by atoms with E-state index >= 15 is 0 Å². The van der Waals surface area contributed by atoms with E-state index in [0.29, 0.717) is 10.7 Å². The first-order chi connectivity index (χ1) is 9.25. The summed E-state index contributed by atoms with van der Waals surface area (Å²) in [5, 5.41) is 15.9. The molecule has 0 bridgehead atoms. The highest BCUT2D eigenvalue weighted by atomic mass is 35.5. The Hall–Kier alpha value is -1.32. The number of halogens is 1. The van der Waals surface area contributed by atoms with Crippen molar-refractivity contribution in [2.24, 2.45) is 0 Å². The average molecular weight is 293 g/mol. The lowest BCUT2D eigenvalue weighted by molar-refractivity contribution is 0.0894. The fraction of sp³-hybridized carbons (Fsp3) is 0.438. The van der Waals surface area contributed by atoms with Gasteiger partial charge in [0.1, 0.15) is 5.60 Å². The van der Waals surface area contributed by atoms with Crippen molar-refractivity contribution in [3.63, 3.8) is 0 Å². The Morgan fingerprint density at radius 2 is 1.95 bits per heavy atom. The number of aliphatic hydroxyl groups is 1. The van der Waals surface area contributed by atoms with Crippen LogP contribution in [0, 0.1) is 13.8 Å². The Morgan fingerprint density at radius 3 is 2.55 bits per heavy atom. The van der Waals surface area contributed by atoms with Gasteiger partial charge in [-0.05, 0) is 45.7 Å². The van der Waals surface area contributed by atoms with Crippen LogP contribution in [0.4, 0.5) is 0 Å². The van der Waals surface area contributed by atoms with Crippen molar-refractivity contribution in [3.8, 4) is 0 Å². The molecule has 0 aliphatic rings. The summed E-state index contributed by atoms with van der Waals surface area (Å²) in [6.45, 7) is 9.82. The van der Waals surface area contributed by atoms with Crippen LogP contribution in [-0.2, 0) is 5.60 Å². The van der Waals surface area contributed by atoms with Crippen LogP contribution in [-0.4, -0.2) is 14.9 Å². The Morgan fingerprint density at radius 1 is 1.30 bits per heavy atom. The third-order valence-corrected chi connectivity index (χ3v) is 3.90. The minimum atomic E-state index is -1.17. The number of aryl methyl sites for hydroxylation is 2. The largest absolute Gasteiger partial charge is 0.379 e. The van der Waals surface area contributed by atoms with E-state index in [0.717, 1.165) is 16.7 Å². The molecule has 108 valence electrons. The highest BCUT2D eigenvalue weighted by Gasteiger charge is 2.34. The van der Waals surface area contributed by atoms with Gasteiger partial charge in [0.2, 0.25) is 0 Å². The molecule has 1 atom stereocenters. The van der Waals surface area contributed by atoms with Crippen LogP contribution in [0.3, 0.4) is 0 Å². The monoisotopic (exact) mass is 292 g/mol. The van der Waals surface area contributed by atoms with Gasteiger partial charge in [0.25, 0.3) is 0 Å². The third kappa shape index (κ3) is 2.48. The van der Waals surface area contributed by atoms with E-state index in [9.17, 15) is 5.11 Å². The quantitative estimate of drug-likeness (QED) is 0.929. The SMILES string of the molecule is Cc1ccc(C)c(C(C)(O)c2c(Cl)cnn2C(C)C)c1. The summed E-state index contributed by atoms with van der Waals surface area (Å²) in [4.78, 5) is 0. The molecule has 1 heterocycles. The van der Waals surface area contributed by atoms with Crippen LogP contribution in [0.2, 0.25) is 5.02 Å². The van der Waals surface area contributed by atoms with Crippen LogP contribution >= 0.6 is 11.6 Å². The third-order valence-electron chi connectivity index (χ3n) is 3.62. The van der Waals surface area contributed by atoms with Crippen molar-refractivity contribution in [2.75, 3.05) is 0 Å². The molecule has 20 heavy (non-hydrogen) atoms. The van der Waals surface area contributed by atoms with E-state index in [1.165, 1.54) is 0 Å². The van der Waals surface area contributed by atoms with Crippen molar-refractivity contribution in [3.05, 3.63) is 51.8 Å². The Balaban J connectivity index is 2.66. The normalized spacial score (nSPS) is 14.6. The fourth-order valence-electron chi connectivity index (χ4n) is 2.58.